The van der Waals surface area contributed by atoms with Crippen molar-refractivity contribution >= 4 is 5.78 Å². The van der Waals surface area contributed by atoms with Crippen LogP contribution in [0.1, 0.15) is 40.7 Å². The van der Waals surface area contributed by atoms with Crippen LogP contribution in [0.3, 0.4) is 0 Å². The second-order valence-electron chi connectivity index (χ2n) is 7.11. The normalized spacial score (nSPS) is 15.0. The van der Waals surface area contributed by atoms with Crippen LogP contribution in [-0.4, -0.2) is 43.5 Å². The lowest BCUT2D eigenvalue weighted by Crippen LogP contribution is -2.36. The molecule has 0 saturated carbocycles. The highest BCUT2D eigenvalue weighted by Crippen LogP contribution is 2.16. The summed E-state index contributed by atoms with van der Waals surface area (Å²) in [4.78, 5) is 14.7. The molecule has 0 unspecified atom stereocenters. The first kappa shape index (κ1) is 19.7. The molecule has 0 radical (unpaired) electrons. The average molecular weight is 369 g/mol. The Kier molecular flexibility index (Phi) is 7.55. The van der Waals surface area contributed by atoms with Gasteiger partial charge in [-0.25, -0.2) is 4.39 Å². The number of carbonyl (C=O) groups is 1. The molecule has 4 heteroatoms. The van der Waals surface area contributed by atoms with E-state index in [1.165, 1.54) is 23.3 Å². The third kappa shape index (κ3) is 6.26. The van der Waals surface area contributed by atoms with Crippen molar-refractivity contribution in [2.45, 2.75) is 32.1 Å². The van der Waals surface area contributed by atoms with Crippen molar-refractivity contribution in [2.24, 2.45) is 0 Å². The summed E-state index contributed by atoms with van der Waals surface area (Å²) >= 11 is 0. The molecule has 1 aliphatic heterocycles. The van der Waals surface area contributed by atoms with Crippen LogP contribution in [-0.2, 0) is 17.6 Å². The number of halogens is 1. The summed E-state index contributed by atoms with van der Waals surface area (Å²) in [6, 6.07) is 14.4. The lowest BCUT2D eigenvalue weighted by Gasteiger charge is -2.26. The van der Waals surface area contributed by atoms with Crippen molar-refractivity contribution in [2.75, 3.05) is 32.8 Å². The summed E-state index contributed by atoms with van der Waals surface area (Å²) in [5.41, 5.74) is 3.32. The fraction of sp³-hybridized carbons (Fsp3) is 0.435. The maximum atomic E-state index is 13.0. The van der Waals surface area contributed by atoms with Gasteiger partial charge in [0.25, 0.3) is 0 Å². The molecule has 0 atom stereocenters. The fourth-order valence-corrected chi connectivity index (χ4v) is 3.58. The smallest absolute Gasteiger partial charge is 0.162 e. The van der Waals surface area contributed by atoms with Gasteiger partial charge in [-0.2, -0.15) is 0 Å². The first-order valence-corrected chi connectivity index (χ1v) is 9.88. The van der Waals surface area contributed by atoms with Gasteiger partial charge in [0.1, 0.15) is 5.82 Å². The monoisotopic (exact) mass is 369 g/mol. The van der Waals surface area contributed by atoms with Crippen molar-refractivity contribution in [3.63, 3.8) is 0 Å². The van der Waals surface area contributed by atoms with Crippen molar-refractivity contribution in [1.82, 2.24) is 4.90 Å². The Morgan fingerprint density at radius 3 is 2.22 bits per heavy atom. The summed E-state index contributed by atoms with van der Waals surface area (Å²) in [7, 11) is 0. The summed E-state index contributed by atoms with van der Waals surface area (Å²) in [6.45, 7) is 4.87. The van der Waals surface area contributed by atoms with Gasteiger partial charge in [-0.15, -0.1) is 0 Å². The standard InChI is InChI=1S/C23H28FNO2/c24-22-12-10-21(11-13-22)23(26)9-3-7-19-5-1-2-6-20(19)8-4-14-25-15-17-27-18-16-25/h1-2,5-6,10-13H,3-4,7-9,14-18H2. The molecule has 0 aromatic heterocycles. The molecular weight excluding hydrogens is 341 g/mol. The van der Waals surface area contributed by atoms with Gasteiger partial charge in [-0.1, -0.05) is 24.3 Å². The van der Waals surface area contributed by atoms with Crippen molar-refractivity contribution < 1.29 is 13.9 Å². The molecule has 0 N–H and O–H groups in total. The van der Waals surface area contributed by atoms with Crippen LogP contribution in [0, 0.1) is 5.82 Å². The number of ketones is 1. The minimum atomic E-state index is -0.308. The lowest BCUT2D eigenvalue weighted by atomic mass is 9.97. The van der Waals surface area contributed by atoms with E-state index in [0.29, 0.717) is 12.0 Å². The number of morpholine rings is 1. The number of hydrogen-bond donors (Lipinski definition) is 0. The number of rotatable bonds is 9. The molecule has 0 amide bonds. The van der Waals surface area contributed by atoms with Gasteiger partial charge in [0.2, 0.25) is 0 Å². The maximum absolute atomic E-state index is 13.0. The van der Waals surface area contributed by atoms with E-state index in [1.54, 1.807) is 12.1 Å². The van der Waals surface area contributed by atoms with Crippen molar-refractivity contribution in [3.05, 3.63) is 71.0 Å². The van der Waals surface area contributed by atoms with Gasteiger partial charge in [0.05, 0.1) is 13.2 Å². The van der Waals surface area contributed by atoms with E-state index in [1.807, 2.05) is 0 Å². The first-order valence-electron chi connectivity index (χ1n) is 9.88. The minimum absolute atomic E-state index is 0.0831. The van der Waals surface area contributed by atoms with Gasteiger partial charge in [-0.05, 0) is 67.6 Å². The number of ether oxygens (including phenoxy) is 1. The van der Waals surface area contributed by atoms with Crippen LogP contribution in [0.25, 0.3) is 0 Å². The number of nitrogens with zero attached hydrogens (tertiary/aromatic N) is 1. The van der Waals surface area contributed by atoms with Gasteiger partial charge in [-0.3, -0.25) is 9.69 Å². The lowest BCUT2D eigenvalue weighted by molar-refractivity contribution is 0.0374. The number of benzene rings is 2. The van der Waals surface area contributed by atoms with Crippen LogP contribution < -0.4 is 0 Å². The Morgan fingerprint density at radius 1 is 0.926 bits per heavy atom. The first-order chi connectivity index (χ1) is 13.2. The van der Waals surface area contributed by atoms with Crippen LogP contribution in [0.4, 0.5) is 4.39 Å². The number of Topliss-reactive ketones (excluding diaryl/α,β-unsaturated/α-hetero) is 1. The van der Waals surface area contributed by atoms with Gasteiger partial charge in [0, 0.05) is 25.1 Å². The van der Waals surface area contributed by atoms with Crippen LogP contribution in [0.5, 0.6) is 0 Å². The molecule has 27 heavy (non-hydrogen) atoms. The zero-order chi connectivity index (χ0) is 18.9. The molecule has 1 aliphatic rings. The molecule has 3 rings (SSSR count). The average Bonchev–Trinajstić information content (AvgIpc) is 2.70. The SMILES string of the molecule is O=C(CCCc1ccccc1CCCN1CCOCC1)c1ccc(F)cc1. The Labute approximate surface area is 161 Å². The Balaban J connectivity index is 1.45. The molecule has 0 spiro atoms. The number of aryl methyl sites for hydroxylation is 2. The zero-order valence-corrected chi connectivity index (χ0v) is 15.8. The fourth-order valence-electron chi connectivity index (χ4n) is 3.58. The van der Waals surface area contributed by atoms with Crippen LogP contribution >= 0.6 is 0 Å². The van der Waals surface area contributed by atoms with Gasteiger partial charge >= 0.3 is 0 Å². The predicted molar refractivity (Wildman–Crippen MR) is 106 cm³/mol. The topological polar surface area (TPSA) is 29.5 Å². The number of carbonyl (C=O) groups excluding carboxylic acids is 1. The van der Waals surface area contributed by atoms with Crippen molar-refractivity contribution in [1.29, 1.82) is 0 Å². The van der Waals surface area contributed by atoms with E-state index < -0.39 is 0 Å². The molecule has 0 aliphatic carbocycles. The third-order valence-electron chi connectivity index (χ3n) is 5.16. The van der Waals surface area contributed by atoms with E-state index >= 15 is 0 Å². The number of hydrogen-bond acceptors (Lipinski definition) is 3. The maximum Gasteiger partial charge on any atom is 0.162 e. The molecule has 2 aromatic carbocycles. The molecule has 144 valence electrons. The second-order valence-corrected chi connectivity index (χ2v) is 7.11. The van der Waals surface area contributed by atoms with E-state index in [-0.39, 0.29) is 11.6 Å². The summed E-state index contributed by atoms with van der Waals surface area (Å²) in [6.07, 6.45) is 4.43. The predicted octanol–water partition coefficient (Wildman–Crippen LogP) is 4.30. The van der Waals surface area contributed by atoms with Gasteiger partial charge < -0.3 is 4.74 Å². The third-order valence-corrected chi connectivity index (χ3v) is 5.16. The molecule has 2 aromatic rings. The Morgan fingerprint density at radius 2 is 1.56 bits per heavy atom. The highest BCUT2D eigenvalue weighted by atomic mass is 19.1. The largest absolute Gasteiger partial charge is 0.379 e. The second kappa shape index (κ2) is 10.3. The minimum Gasteiger partial charge on any atom is -0.379 e. The molecule has 1 fully saturated rings. The van der Waals surface area contributed by atoms with E-state index in [4.69, 9.17) is 4.74 Å². The Hall–Kier alpha value is -2.04. The van der Waals surface area contributed by atoms with E-state index in [9.17, 15) is 9.18 Å². The van der Waals surface area contributed by atoms with Crippen LogP contribution in [0.2, 0.25) is 0 Å². The van der Waals surface area contributed by atoms with Gasteiger partial charge in [0.15, 0.2) is 5.78 Å². The summed E-state index contributed by atoms with van der Waals surface area (Å²) < 4.78 is 18.4. The molecule has 0 bridgehead atoms. The van der Waals surface area contributed by atoms with E-state index in [0.717, 1.165) is 58.5 Å². The highest BCUT2D eigenvalue weighted by Gasteiger charge is 2.11. The molecule has 1 heterocycles. The Bertz CT molecular complexity index is 723. The quantitative estimate of drug-likeness (QED) is 0.618. The molecule has 1 saturated heterocycles. The summed E-state index contributed by atoms with van der Waals surface area (Å²) in [5.74, 6) is -0.225. The molecule has 3 nitrogen and oxygen atoms in total. The highest BCUT2D eigenvalue weighted by molar-refractivity contribution is 5.95. The zero-order valence-electron chi connectivity index (χ0n) is 15.8. The van der Waals surface area contributed by atoms with Crippen molar-refractivity contribution in [3.8, 4) is 0 Å². The van der Waals surface area contributed by atoms with E-state index in [2.05, 4.69) is 29.2 Å². The summed E-state index contributed by atoms with van der Waals surface area (Å²) in [5, 5.41) is 0. The molecular formula is C23H28FNO2. The van der Waals surface area contributed by atoms with Crippen LogP contribution in [0.15, 0.2) is 48.5 Å².